The molecule has 0 radical (unpaired) electrons. The molecule has 1 fully saturated rings. The summed E-state index contributed by atoms with van der Waals surface area (Å²) in [5.74, 6) is 0.237. The van der Waals surface area contributed by atoms with Gasteiger partial charge in [0.25, 0.3) is 5.91 Å². The van der Waals surface area contributed by atoms with Gasteiger partial charge in [-0.2, -0.15) is 0 Å². The van der Waals surface area contributed by atoms with Gasteiger partial charge in [0.2, 0.25) is 11.8 Å². The molecule has 1 atom stereocenters. The Balaban J connectivity index is 1.36. The second-order valence-corrected chi connectivity index (χ2v) is 9.48. The summed E-state index contributed by atoms with van der Waals surface area (Å²) in [5, 5.41) is 2.60. The maximum Gasteiger partial charge on any atom is 0.255 e. The van der Waals surface area contributed by atoms with E-state index in [4.69, 9.17) is 4.74 Å². The monoisotopic (exact) mass is 506 g/mol. The van der Waals surface area contributed by atoms with E-state index in [1.807, 2.05) is 23.1 Å². The summed E-state index contributed by atoms with van der Waals surface area (Å²) >= 11 is 0. The van der Waals surface area contributed by atoms with Gasteiger partial charge in [0.05, 0.1) is 6.54 Å². The van der Waals surface area contributed by atoms with Crippen LogP contribution in [0.1, 0.15) is 46.8 Å². The zero-order valence-corrected chi connectivity index (χ0v) is 21.4. The molecule has 0 saturated carbocycles. The highest BCUT2D eigenvalue weighted by atomic mass is 16.5. The summed E-state index contributed by atoms with van der Waals surface area (Å²) in [5.41, 5.74) is 3.50. The Kier molecular flexibility index (Phi) is 8.55. The number of carbonyl (C=O) groups is 4. The van der Waals surface area contributed by atoms with Gasteiger partial charge in [-0.3, -0.25) is 19.3 Å². The molecule has 37 heavy (non-hydrogen) atoms. The maximum absolute atomic E-state index is 13.1. The molecular formula is C28H34N4O5. The van der Waals surface area contributed by atoms with Gasteiger partial charge in [0.1, 0.15) is 24.7 Å². The molecule has 0 spiro atoms. The number of nitrogens with zero attached hydrogens (tertiary/aromatic N) is 3. The first-order chi connectivity index (χ1) is 17.9. The van der Waals surface area contributed by atoms with Crippen molar-refractivity contribution < 1.29 is 23.9 Å². The van der Waals surface area contributed by atoms with Crippen molar-refractivity contribution in [1.29, 1.82) is 0 Å². The van der Waals surface area contributed by atoms with Crippen LogP contribution in [-0.2, 0) is 34.1 Å². The topological polar surface area (TPSA) is 99.3 Å². The van der Waals surface area contributed by atoms with Crippen molar-refractivity contribution in [2.45, 2.75) is 45.5 Å². The van der Waals surface area contributed by atoms with Crippen molar-refractivity contribution in [3.05, 3.63) is 64.7 Å². The van der Waals surface area contributed by atoms with Crippen LogP contribution < -0.4 is 10.1 Å². The first kappa shape index (κ1) is 26.3. The number of carbonyl (C=O) groups excluding carboxylic acids is 4. The molecule has 196 valence electrons. The van der Waals surface area contributed by atoms with E-state index in [-0.39, 0.29) is 37.1 Å². The van der Waals surface area contributed by atoms with Crippen molar-refractivity contribution in [3.8, 4) is 5.75 Å². The molecule has 1 unspecified atom stereocenters. The standard InChI is InChI=1S/C28H34N4O5/c1-20(34)31-14-12-30(13-15-31)17-21-8-10-22(11-9-21)19-37-26-7-3-5-23-24(26)18-32(28(23)36)25(6-4-16-33)27(35)29-2/h3,5,7-11,16,25H,4,6,12-15,17-19H2,1-2H3,(H,29,35). The van der Waals surface area contributed by atoms with Gasteiger partial charge in [-0.15, -0.1) is 0 Å². The molecule has 2 aromatic rings. The van der Waals surface area contributed by atoms with Crippen molar-refractivity contribution in [2.75, 3.05) is 33.2 Å². The molecule has 2 aliphatic heterocycles. The van der Waals surface area contributed by atoms with Gasteiger partial charge in [0, 0.05) is 64.2 Å². The Morgan fingerprint density at radius 1 is 1.05 bits per heavy atom. The van der Waals surface area contributed by atoms with Crippen molar-refractivity contribution in [1.82, 2.24) is 20.0 Å². The van der Waals surface area contributed by atoms with Crippen molar-refractivity contribution in [3.63, 3.8) is 0 Å². The van der Waals surface area contributed by atoms with E-state index in [2.05, 4.69) is 22.3 Å². The number of rotatable bonds is 10. The van der Waals surface area contributed by atoms with E-state index in [1.165, 1.54) is 17.5 Å². The number of amides is 3. The van der Waals surface area contributed by atoms with E-state index < -0.39 is 6.04 Å². The minimum Gasteiger partial charge on any atom is -0.489 e. The first-order valence-corrected chi connectivity index (χ1v) is 12.7. The van der Waals surface area contributed by atoms with E-state index in [0.717, 1.165) is 50.1 Å². The molecule has 3 amide bonds. The van der Waals surface area contributed by atoms with Crippen LogP contribution in [0.15, 0.2) is 42.5 Å². The van der Waals surface area contributed by atoms with Gasteiger partial charge in [-0.25, -0.2) is 0 Å². The van der Waals surface area contributed by atoms with Crippen LogP contribution in [0, 0.1) is 0 Å². The van der Waals surface area contributed by atoms with Crippen LogP contribution in [-0.4, -0.2) is 78.0 Å². The maximum atomic E-state index is 13.1. The van der Waals surface area contributed by atoms with Crippen LogP contribution in [0.4, 0.5) is 0 Å². The zero-order chi connectivity index (χ0) is 26.4. The Morgan fingerprint density at radius 2 is 1.76 bits per heavy atom. The Labute approximate surface area is 217 Å². The fraction of sp³-hybridized carbons (Fsp3) is 0.429. The Hall–Kier alpha value is -3.72. The summed E-state index contributed by atoms with van der Waals surface area (Å²) in [7, 11) is 1.53. The van der Waals surface area contributed by atoms with Crippen molar-refractivity contribution >= 4 is 24.0 Å². The van der Waals surface area contributed by atoms with Crippen molar-refractivity contribution in [2.24, 2.45) is 0 Å². The van der Waals surface area contributed by atoms with Crippen LogP contribution in [0.25, 0.3) is 0 Å². The highest BCUT2D eigenvalue weighted by Gasteiger charge is 2.37. The summed E-state index contributed by atoms with van der Waals surface area (Å²) < 4.78 is 6.12. The third-order valence-electron chi connectivity index (χ3n) is 7.08. The average molecular weight is 507 g/mol. The average Bonchev–Trinajstić information content (AvgIpc) is 3.25. The Morgan fingerprint density at radius 3 is 2.41 bits per heavy atom. The van der Waals surface area contributed by atoms with Gasteiger partial charge in [-0.05, 0) is 29.7 Å². The molecule has 0 aromatic heterocycles. The predicted octanol–water partition coefficient (Wildman–Crippen LogP) is 1.98. The largest absolute Gasteiger partial charge is 0.489 e. The quantitative estimate of drug-likeness (QED) is 0.495. The van der Waals surface area contributed by atoms with Crippen LogP contribution in [0.3, 0.4) is 0 Å². The third kappa shape index (κ3) is 6.17. The molecule has 2 aliphatic rings. The molecule has 4 rings (SSSR count). The number of likely N-dealkylation sites (N-methyl/N-ethyl adjacent to an activating group) is 1. The van der Waals surface area contributed by atoms with Crippen LogP contribution >= 0.6 is 0 Å². The molecule has 2 aromatic carbocycles. The molecule has 0 aliphatic carbocycles. The highest BCUT2D eigenvalue weighted by molar-refractivity contribution is 6.01. The first-order valence-electron chi connectivity index (χ1n) is 12.7. The lowest BCUT2D eigenvalue weighted by Crippen LogP contribution is -2.47. The minimum atomic E-state index is -0.707. The van der Waals surface area contributed by atoms with E-state index in [0.29, 0.717) is 17.9 Å². The lowest BCUT2D eigenvalue weighted by Gasteiger charge is -2.34. The second kappa shape index (κ2) is 12.0. The number of benzene rings is 2. The summed E-state index contributed by atoms with van der Waals surface area (Å²) in [6.45, 7) is 6.35. The molecule has 9 nitrogen and oxygen atoms in total. The third-order valence-corrected chi connectivity index (χ3v) is 7.08. The van der Waals surface area contributed by atoms with Crippen LogP contribution in [0.2, 0.25) is 0 Å². The Bertz CT molecular complexity index is 1140. The molecule has 1 N–H and O–H groups in total. The normalized spacial score (nSPS) is 16.3. The van der Waals surface area contributed by atoms with E-state index in [9.17, 15) is 19.2 Å². The minimum absolute atomic E-state index is 0.134. The number of hydrogen-bond donors (Lipinski definition) is 1. The smallest absolute Gasteiger partial charge is 0.255 e. The molecule has 2 heterocycles. The molecule has 9 heteroatoms. The highest BCUT2D eigenvalue weighted by Crippen LogP contribution is 2.33. The summed E-state index contributed by atoms with van der Waals surface area (Å²) in [4.78, 5) is 53.7. The molecule has 0 bridgehead atoms. The number of piperazine rings is 1. The number of ether oxygens (including phenoxy) is 1. The molecular weight excluding hydrogens is 472 g/mol. The summed E-state index contributed by atoms with van der Waals surface area (Å²) in [6, 6.07) is 12.9. The number of fused-ring (bicyclic) bond motifs is 1. The predicted molar refractivity (Wildman–Crippen MR) is 138 cm³/mol. The van der Waals surface area contributed by atoms with E-state index in [1.54, 1.807) is 19.1 Å². The number of hydrogen-bond acceptors (Lipinski definition) is 6. The van der Waals surface area contributed by atoms with Gasteiger partial charge < -0.3 is 24.6 Å². The fourth-order valence-corrected chi connectivity index (χ4v) is 4.91. The van der Waals surface area contributed by atoms with Gasteiger partial charge in [-0.1, -0.05) is 30.3 Å². The van der Waals surface area contributed by atoms with Gasteiger partial charge in [0.15, 0.2) is 0 Å². The lowest BCUT2D eigenvalue weighted by molar-refractivity contribution is -0.130. The molecule has 1 saturated heterocycles. The van der Waals surface area contributed by atoms with Gasteiger partial charge >= 0.3 is 0 Å². The lowest BCUT2D eigenvalue weighted by atomic mass is 10.1. The SMILES string of the molecule is CNC(=O)C(CCC=O)N1Cc2c(OCc3ccc(CN4CCN(C(C)=O)CC4)cc3)cccc2C1=O. The van der Waals surface area contributed by atoms with E-state index >= 15 is 0 Å². The summed E-state index contributed by atoms with van der Waals surface area (Å²) in [6.07, 6.45) is 1.24. The fourth-order valence-electron chi connectivity index (χ4n) is 4.91. The second-order valence-electron chi connectivity index (χ2n) is 9.48. The zero-order valence-electron chi connectivity index (χ0n) is 21.4. The number of nitrogens with one attached hydrogen (secondary N) is 1. The number of aldehydes is 1. The van der Waals surface area contributed by atoms with Crippen LogP contribution in [0.5, 0.6) is 5.75 Å².